The fraction of sp³-hybridized carbons (Fsp3) is 0. The van der Waals surface area contributed by atoms with Crippen molar-refractivity contribution in [1.29, 1.82) is 0 Å². The van der Waals surface area contributed by atoms with Crippen LogP contribution in [-0.2, 0) is 4.79 Å². The summed E-state index contributed by atoms with van der Waals surface area (Å²) in [5, 5.41) is 9.85. The van der Waals surface area contributed by atoms with Crippen LogP contribution in [0.1, 0.15) is 0 Å². The van der Waals surface area contributed by atoms with Crippen molar-refractivity contribution in [3.63, 3.8) is 0 Å². The highest BCUT2D eigenvalue weighted by Crippen LogP contribution is 1.57. The van der Waals surface area contributed by atoms with Gasteiger partial charge in [0.2, 0.25) is 0 Å². The maximum Gasteiger partial charge on any atom is 0.254 e. The van der Waals surface area contributed by atoms with Crippen molar-refractivity contribution in [3.8, 4) is 0 Å². The lowest BCUT2D eigenvalue weighted by atomic mass is 11.4. The SMILES string of the molecule is O=Cn1ncnn1. The second-order valence-corrected chi connectivity index (χ2v) is 0.862. The van der Waals surface area contributed by atoms with Crippen molar-refractivity contribution in [2.75, 3.05) is 0 Å². The Hall–Kier alpha value is -1.26. The largest absolute Gasteiger partial charge is 0.275 e. The van der Waals surface area contributed by atoms with Gasteiger partial charge < -0.3 is 0 Å². The van der Waals surface area contributed by atoms with E-state index >= 15 is 0 Å². The molecule has 5 heteroatoms. The van der Waals surface area contributed by atoms with Crippen molar-refractivity contribution in [3.05, 3.63) is 6.33 Å². The lowest BCUT2D eigenvalue weighted by Crippen LogP contribution is -1.98. The lowest BCUT2D eigenvalue weighted by Gasteiger charge is -1.70. The maximum absolute atomic E-state index is 9.67. The number of nitrogens with zero attached hydrogens (tertiary/aromatic N) is 4. The molecule has 0 unspecified atom stereocenters. The Morgan fingerprint density at radius 3 is 2.86 bits per heavy atom. The molecule has 0 amide bonds. The molecule has 5 nitrogen and oxygen atoms in total. The van der Waals surface area contributed by atoms with Crippen LogP contribution in [0.3, 0.4) is 0 Å². The molecule has 1 aromatic heterocycles. The van der Waals surface area contributed by atoms with Gasteiger partial charge in [0.05, 0.1) is 0 Å². The molecule has 1 rings (SSSR count). The molecule has 0 spiro atoms. The van der Waals surface area contributed by atoms with Gasteiger partial charge in [-0.15, -0.1) is 10.2 Å². The van der Waals surface area contributed by atoms with Gasteiger partial charge in [-0.05, 0) is 5.21 Å². The fourth-order valence-electron chi connectivity index (χ4n) is 0.223. The van der Waals surface area contributed by atoms with Crippen molar-refractivity contribution in [2.45, 2.75) is 0 Å². The Bertz CT molecular complexity index is 145. The molecule has 0 saturated heterocycles. The number of carbonyl (C=O) groups excluding carboxylic acids is 1. The molecule has 36 valence electrons. The van der Waals surface area contributed by atoms with Gasteiger partial charge in [-0.25, -0.2) is 0 Å². The van der Waals surface area contributed by atoms with E-state index in [2.05, 4.69) is 15.4 Å². The lowest BCUT2D eigenvalue weighted by molar-refractivity contribution is 0.527. The highest BCUT2D eigenvalue weighted by molar-refractivity contribution is 5.47. The number of carbonyl (C=O) groups is 1. The Morgan fingerprint density at radius 2 is 2.57 bits per heavy atom. The molecule has 0 bridgehead atoms. The zero-order chi connectivity index (χ0) is 5.11. The van der Waals surface area contributed by atoms with Crippen LogP contribution < -0.4 is 0 Å². The molecule has 1 heterocycles. The first-order valence-corrected chi connectivity index (χ1v) is 1.61. The molecular formula is C2H2N4O. The average molecular weight is 98.1 g/mol. The first kappa shape index (κ1) is 3.91. The summed E-state index contributed by atoms with van der Waals surface area (Å²) in [6.45, 7) is 0. The molecule has 0 aromatic carbocycles. The summed E-state index contributed by atoms with van der Waals surface area (Å²) in [6, 6.07) is 0. The van der Waals surface area contributed by atoms with Gasteiger partial charge in [0, 0.05) is 0 Å². The molecule has 1 aromatic rings. The molecule has 7 heavy (non-hydrogen) atoms. The number of hydrogen-bond donors (Lipinski definition) is 0. The minimum Gasteiger partial charge on any atom is -0.275 e. The molecule has 0 saturated carbocycles. The van der Waals surface area contributed by atoms with Gasteiger partial charge in [0.15, 0.2) is 6.33 Å². The van der Waals surface area contributed by atoms with Crippen molar-refractivity contribution >= 4 is 6.41 Å². The average Bonchev–Trinajstić information content (AvgIpc) is 2.14. The summed E-state index contributed by atoms with van der Waals surface area (Å²) in [7, 11) is 0. The van der Waals surface area contributed by atoms with Crippen molar-refractivity contribution in [2.24, 2.45) is 0 Å². The van der Waals surface area contributed by atoms with E-state index < -0.39 is 0 Å². The molecule has 0 aliphatic heterocycles. The minimum absolute atomic E-state index is 0.465. The van der Waals surface area contributed by atoms with Gasteiger partial charge >= 0.3 is 0 Å². The summed E-state index contributed by atoms with van der Waals surface area (Å²) in [5.74, 6) is 0. The van der Waals surface area contributed by atoms with Crippen molar-refractivity contribution in [1.82, 2.24) is 20.2 Å². The number of tetrazole rings is 1. The highest BCUT2D eigenvalue weighted by atomic mass is 16.1. The minimum atomic E-state index is 0.465. The predicted octanol–water partition coefficient (Wildman–Crippen LogP) is -1.29. The van der Waals surface area contributed by atoms with Gasteiger partial charge in [-0.2, -0.15) is 0 Å². The van der Waals surface area contributed by atoms with Crippen LogP contribution >= 0.6 is 0 Å². The molecule has 0 aliphatic carbocycles. The van der Waals surface area contributed by atoms with E-state index in [-0.39, 0.29) is 0 Å². The topological polar surface area (TPSA) is 60.7 Å². The van der Waals surface area contributed by atoms with E-state index in [1.807, 2.05) is 0 Å². The van der Waals surface area contributed by atoms with Crippen molar-refractivity contribution < 1.29 is 4.79 Å². The Morgan fingerprint density at radius 1 is 1.71 bits per heavy atom. The number of rotatable bonds is 1. The summed E-state index contributed by atoms with van der Waals surface area (Å²) in [4.78, 5) is 10.5. The smallest absolute Gasteiger partial charge is 0.254 e. The zero-order valence-electron chi connectivity index (χ0n) is 3.35. The Kier molecular flexibility index (Phi) is 0.816. The first-order valence-electron chi connectivity index (χ1n) is 1.61. The monoisotopic (exact) mass is 98.0 g/mol. The summed E-state index contributed by atoms with van der Waals surface area (Å²) < 4.78 is 0. The van der Waals surface area contributed by atoms with Crippen LogP contribution in [0.25, 0.3) is 0 Å². The fourth-order valence-corrected chi connectivity index (χ4v) is 0.223. The Labute approximate surface area is 38.9 Å². The Balaban J connectivity index is 2.96. The van der Waals surface area contributed by atoms with Crippen LogP contribution in [0.2, 0.25) is 0 Å². The summed E-state index contributed by atoms with van der Waals surface area (Å²) in [5.41, 5.74) is 0. The molecule has 0 N–H and O–H groups in total. The van der Waals surface area contributed by atoms with E-state index in [0.717, 1.165) is 4.80 Å². The van der Waals surface area contributed by atoms with E-state index in [0.29, 0.717) is 6.41 Å². The standard InChI is InChI=1S/C2H2N4O/c7-2-6-4-1-3-5-6/h1-2H. The first-order chi connectivity index (χ1) is 3.43. The summed E-state index contributed by atoms with van der Waals surface area (Å²) >= 11 is 0. The van der Waals surface area contributed by atoms with E-state index in [4.69, 9.17) is 0 Å². The van der Waals surface area contributed by atoms with Gasteiger partial charge in [0.25, 0.3) is 6.41 Å². The zero-order valence-corrected chi connectivity index (χ0v) is 3.35. The van der Waals surface area contributed by atoms with Gasteiger partial charge in [-0.1, -0.05) is 4.80 Å². The summed E-state index contributed by atoms with van der Waals surface area (Å²) in [6.07, 6.45) is 1.65. The van der Waals surface area contributed by atoms with Crippen LogP contribution in [0.4, 0.5) is 0 Å². The van der Waals surface area contributed by atoms with E-state index in [9.17, 15) is 4.79 Å². The molecule has 0 fully saturated rings. The van der Waals surface area contributed by atoms with Crippen LogP contribution in [0.5, 0.6) is 0 Å². The number of aromatic nitrogens is 4. The highest BCUT2D eigenvalue weighted by Gasteiger charge is 1.80. The van der Waals surface area contributed by atoms with Crippen LogP contribution in [-0.4, -0.2) is 26.6 Å². The van der Waals surface area contributed by atoms with Crippen LogP contribution in [0.15, 0.2) is 6.33 Å². The second kappa shape index (κ2) is 1.46. The third-order valence-electron chi connectivity index (χ3n) is 0.459. The van der Waals surface area contributed by atoms with E-state index in [1.54, 1.807) is 0 Å². The second-order valence-electron chi connectivity index (χ2n) is 0.862. The maximum atomic E-state index is 9.67. The number of hydrogen-bond acceptors (Lipinski definition) is 4. The normalized spacial score (nSPS) is 8.57. The van der Waals surface area contributed by atoms with Gasteiger partial charge in [0.1, 0.15) is 0 Å². The molecular weight excluding hydrogens is 96.0 g/mol. The predicted molar refractivity (Wildman–Crippen MR) is 20.0 cm³/mol. The third-order valence-corrected chi connectivity index (χ3v) is 0.459. The van der Waals surface area contributed by atoms with Gasteiger partial charge in [-0.3, -0.25) is 4.79 Å². The molecule has 0 aliphatic rings. The van der Waals surface area contributed by atoms with Crippen LogP contribution in [0, 0.1) is 0 Å². The molecule has 0 atom stereocenters. The van der Waals surface area contributed by atoms with E-state index in [1.165, 1.54) is 6.33 Å². The molecule has 0 radical (unpaired) electrons. The quantitative estimate of drug-likeness (QED) is 0.410. The third kappa shape index (κ3) is 0.594.